The Hall–Kier alpha value is -2.88. The van der Waals surface area contributed by atoms with Crippen molar-refractivity contribution < 1.29 is 9.53 Å². The minimum absolute atomic E-state index is 0.0351. The van der Waals surface area contributed by atoms with Crippen molar-refractivity contribution >= 4 is 17.3 Å². The molecule has 1 saturated heterocycles. The first-order chi connectivity index (χ1) is 15.5. The summed E-state index contributed by atoms with van der Waals surface area (Å²) >= 11 is 0. The predicted octanol–water partition coefficient (Wildman–Crippen LogP) is 1.54. The number of hydrogen-bond acceptors (Lipinski definition) is 7. The predicted molar refractivity (Wildman–Crippen MR) is 123 cm³/mol. The number of amides is 1. The number of morpholine rings is 1. The summed E-state index contributed by atoms with van der Waals surface area (Å²) in [6, 6.07) is 7.81. The molecule has 1 atom stereocenters. The Labute approximate surface area is 187 Å². The number of imidazole rings is 1. The van der Waals surface area contributed by atoms with Gasteiger partial charge in [-0.05, 0) is 56.0 Å². The average Bonchev–Trinajstić information content (AvgIpc) is 3.28. The Morgan fingerprint density at radius 1 is 1.16 bits per heavy atom. The molecular formula is C23H31N7O2. The number of benzene rings is 1. The first-order valence-corrected chi connectivity index (χ1v) is 11.4. The summed E-state index contributed by atoms with van der Waals surface area (Å²) in [7, 11) is 0. The van der Waals surface area contributed by atoms with Crippen molar-refractivity contribution in [3.8, 4) is 0 Å². The highest BCUT2D eigenvalue weighted by Gasteiger charge is 2.39. The quantitative estimate of drug-likeness (QED) is 0.572. The molecule has 0 radical (unpaired) electrons. The lowest BCUT2D eigenvalue weighted by molar-refractivity contribution is 0.0303. The number of carbonyl (C=O) groups is 1. The molecule has 2 aromatic rings. The summed E-state index contributed by atoms with van der Waals surface area (Å²) in [6.07, 6.45) is 9.61. The maximum absolute atomic E-state index is 12.7. The smallest absolute Gasteiger partial charge is 0.254 e. The van der Waals surface area contributed by atoms with E-state index in [1.165, 1.54) is 0 Å². The van der Waals surface area contributed by atoms with E-state index in [4.69, 9.17) is 16.2 Å². The van der Waals surface area contributed by atoms with E-state index in [9.17, 15) is 4.79 Å². The summed E-state index contributed by atoms with van der Waals surface area (Å²) < 4.78 is 7.22. The Kier molecular flexibility index (Phi) is 5.62. The number of aromatic nitrogens is 2. The van der Waals surface area contributed by atoms with Crippen LogP contribution in [0.25, 0.3) is 5.70 Å². The fourth-order valence-corrected chi connectivity index (χ4v) is 4.84. The van der Waals surface area contributed by atoms with Gasteiger partial charge in [0, 0.05) is 48.7 Å². The molecule has 2 fully saturated rings. The zero-order chi connectivity index (χ0) is 22.1. The number of anilines is 1. The van der Waals surface area contributed by atoms with Crippen molar-refractivity contribution in [2.75, 3.05) is 37.0 Å². The number of ether oxygens (including phenoxy) is 1. The van der Waals surface area contributed by atoms with Crippen LogP contribution in [0.15, 0.2) is 42.7 Å². The molecule has 2 aliphatic heterocycles. The number of rotatable bonds is 4. The second-order valence-corrected chi connectivity index (χ2v) is 8.94. The molecule has 3 aliphatic rings. The lowest BCUT2D eigenvalue weighted by Crippen LogP contribution is -2.58. The van der Waals surface area contributed by atoms with Gasteiger partial charge in [0.2, 0.25) is 0 Å². The molecule has 3 heterocycles. The molecule has 6 N–H and O–H groups in total. The largest absolute Gasteiger partial charge is 0.378 e. The van der Waals surface area contributed by atoms with Gasteiger partial charge in [-0.3, -0.25) is 4.79 Å². The lowest BCUT2D eigenvalue weighted by Gasteiger charge is -2.42. The van der Waals surface area contributed by atoms with Crippen molar-refractivity contribution in [2.24, 2.45) is 17.4 Å². The summed E-state index contributed by atoms with van der Waals surface area (Å²) in [5.74, 6) is 1.09. The minimum Gasteiger partial charge on any atom is -0.378 e. The van der Waals surface area contributed by atoms with Crippen LogP contribution in [0.2, 0.25) is 0 Å². The van der Waals surface area contributed by atoms with E-state index in [0.29, 0.717) is 31.9 Å². The van der Waals surface area contributed by atoms with Crippen molar-refractivity contribution in [1.29, 1.82) is 0 Å². The highest BCUT2D eigenvalue weighted by atomic mass is 16.5. The van der Waals surface area contributed by atoms with Gasteiger partial charge in [-0.1, -0.05) is 0 Å². The fourth-order valence-electron chi connectivity index (χ4n) is 4.84. The van der Waals surface area contributed by atoms with Gasteiger partial charge >= 0.3 is 0 Å². The summed E-state index contributed by atoms with van der Waals surface area (Å²) in [4.78, 5) is 19.0. The standard InChI is InChI=1S/C23H31N7O2/c24-18-5-3-17(4-6-18)23(25)15-20(21-26-9-10-30(21)28-23)27-19-7-1-16(2-8-19)22(31)29-11-13-32-14-12-29/h1-2,7-10,15,17-18,27-28H,3-6,11-14,24-25H2. The summed E-state index contributed by atoms with van der Waals surface area (Å²) in [6.45, 7) is 2.44. The monoisotopic (exact) mass is 437 g/mol. The normalized spacial score (nSPS) is 27.8. The maximum atomic E-state index is 12.7. The maximum Gasteiger partial charge on any atom is 0.254 e. The minimum atomic E-state index is -0.692. The number of nitrogens with one attached hydrogen (secondary N) is 2. The molecular weight excluding hydrogens is 406 g/mol. The zero-order valence-electron chi connectivity index (χ0n) is 18.2. The second-order valence-electron chi connectivity index (χ2n) is 8.94. The van der Waals surface area contributed by atoms with Gasteiger partial charge in [-0.15, -0.1) is 0 Å². The number of fused-ring (bicyclic) bond motifs is 1. The van der Waals surface area contributed by atoms with Crippen LogP contribution in [-0.2, 0) is 4.74 Å². The summed E-state index contributed by atoms with van der Waals surface area (Å²) in [5, 5.41) is 3.46. The second kappa shape index (κ2) is 8.57. The van der Waals surface area contributed by atoms with Crippen LogP contribution in [0.3, 0.4) is 0 Å². The van der Waals surface area contributed by atoms with Crippen molar-refractivity contribution in [1.82, 2.24) is 14.6 Å². The Balaban J connectivity index is 1.35. The fraction of sp³-hybridized carbons (Fsp3) is 0.478. The first-order valence-electron chi connectivity index (χ1n) is 11.4. The van der Waals surface area contributed by atoms with Crippen LogP contribution in [0.5, 0.6) is 0 Å². The van der Waals surface area contributed by atoms with Crippen molar-refractivity contribution in [3.63, 3.8) is 0 Å². The molecule has 1 aromatic carbocycles. The number of hydrogen-bond donors (Lipinski definition) is 4. The molecule has 9 heteroatoms. The molecule has 1 saturated carbocycles. The third-order valence-electron chi connectivity index (χ3n) is 6.74. The topological polar surface area (TPSA) is 123 Å². The number of nitrogens with zero attached hydrogens (tertiary/aromatic N) is 3. The van der Waals surface area contributed by atoms with Crippen LogP contribution >= 0.6 is 0 Å². The van der Waals surface area contributed by atoms with Crippen LogP contribution in [0.4, 0.5) is 5.69 Å². The molecule has 32 heavy (non-hydrogen) atoms. The number of carbonyl (C=O) groups excluding carboxylic acids is 1. The first kappa shape index (κ1) is 21.0. The SMILES string of the molecule is NC1CCC(C2(N)C=C(Nc3ccc(C(=O)N4CCOCC4)cc3)c3nccn3N2)CC1. The van der Waals surface area contributed by atoms with E-state index in [-0.39, 0.29) is 17.9 Å². The lowest BCUT2D eigenvalue weighted by atomic mass is 9.78. The molecule has 9 nitrogen and oxygen atoms in total. The molecule has 0 spiro atoms. The molecule has 1 unspecified atom stereocenters. The molecule has 1 aliphatic carbocycles. The third-order valence-corrected chi connectivity index (χ3v) is 6.74. The van der Waals surface area contributed by atoms with Crippen LogP contribution in [0, 0.1) is 5.92 Å². The van der Waals surface area contributed by atoms with Crippen molar-refractivity contribution in [2.45, 2.75) is 37.4 Å². The van der Waals surface area contributed by atoms with E-state index in [2.05, 4.69) is 15.7 Å². The Bertz CT molecular complexity index is 988. The van der Waals surface area contributed by atoms with E-state index >= 15 is 0 Å². The van der Waals surface area contributed by atoms with Crippen LogP contribution in [-0.4, -0.2) is 58.5 Å². The third kappa shape index (κ3) is 4.11. The number of nitrogens with two attached hydrogens (primary N) is 2. The molecule has 1 amide bonds. The van der Waals surface area contributed by atoms with Gasteiger partial charge in [-0.2, -0.15) is 0 Å². The Morgan fingerprint density at radius 2 is 1.88 bits per heavy atom. The highest BCUT2D eigenvalue weighted by Crippen LogP contribution is 2.35. The van der Waals surface area contributed by atoms with Gasteiger partial charge in [0.05, 0.1) is 18.9 Å². The van der Waals surface area contributed by atoms with Gasteiger partial charge in [0.15, 0.2) is 5.82 Å². The van der Waals surface area contributed by atoms with Gasteiger partial charge in [-0.25, -0.2) is 9.66 Å². The van der Waals surface area contributed by atoms with Gasteiger partial charge in [0.25, 0.3) is 5.91 Å². The van der Waals surface area contributed by atoms with Crippen LogP contribution in [0.1, 0.15) is 41.9 Å². The Morgan fingerprint density at radius 3 is 2.59 bits per heavy atom. The van der Waals surface area contributed by atoms with Crippen molar-refractivity contribution in [3.05, 3.63) is 54.1 Å². The molecule has 170 valence electrons. The van der Waals surface area contributed by atoms with Crippen LogP contribution < -0.4 is 22.2 Å². The summed E-state index contributed by atoms with van der Waals surface area (Å²) in [5.41, 5.74) is 18.1. The highest BCUT2D eigenvalue weighted by molar-refractivity contribution is 5.94. The van der Waals surface area contributed by atoms with E-state index in [1.807, 2.05) is 46.1 Å². The molecule has 0 bridgehead atoms. The van der Waals surface area contributed by atoms with E-state index < -0.39 is 5.66 Å². The average molecular weight is 438 g/mol. The van der Waals surface area contributed by atoms with E-state index in [0.717, 1.165) is 42.9 Å². The molecule has 5 rings (SSSR count). The van der Waals surface area contributed by atoms with Gasteiger partial charge in [0.1, 0.15) is 5.66 Å². The van der Waals surface area contributed by atoms with E-state index in [1.54, 1.807) is 6.20 Å². The molecule has 1 aromatic heterocycles. The van der Waals surface area contributed by atoms with Gasteiger partial charge < -0.3 is 31.8 Å². The zero-order valence-corrected chi connectivity index (χ0v) is 18.2.